The molecule has 17 heavy (non-hydrogen) atoms. The molecule has 1 aromatic rings. The van der Waals surface area contributed by atoms with Gasteiger partial charge in [-0.05, 0) is 19.1 Å². The van der Waals surface area contributed by atoms with Gasteiger partial charge in [-0.15, -0.1) is 0 Å². The van der Waals surface area contributed by atoms with Crippen LogP contribution in [0.2, 0.25) is 5.02 Å². The summed E-state index contributed by atoms with van der Waals surface area (Å²) in [6.07, 6.45) is 0. The predicted octanol–water partition coefficient (Wildman–Crippen LogP) is 2.03. The lowest BCUT2D eigenvalue weighted by Crippen LogP contribution is -2.38. The molecule has 0 saturated heterocycles. The molecule has 0 heterocycles. The van der Waals surface area contributed by atoms with Crippen molar-refractivity contribution in [2.45, 2.75) is 13.0 Å². The Morgan fingerprint density at radius 1 is 1.59 bits per heavy atom. The number of para-hydroxylation sites is 1. The summed E-state index contributed by atoms with van der Waals surface area (Å²) in [5.41, 5.74) is 6.52. The number of nitrogens with zero attached hydrogens (tertiary/aromatic N) is 1. The highest BCUT2D eigenvalue weighted by molar-refractivity contribution is 6.33. The molecule has 0 spiro atoms. The second kappa shape index (κ2) is 5.89. The molecule has 1 amide bonds. The number of benzene rings is 1. The lowest BCUT2D eigenvalue weighted by atomic mass is 10.1. The Kier molecular flexibility index (Phi) is 4.78. The van der Waals surface area contributed by atoms with Crippen LogP contribution in [0.25, 0.3) is 0 Å². The van der Waals surface area contributed by atoms with Crippen molar-refractivity contribution >= 4 is 23.2 Å². The maximum Gasteiger partial charge on any atom is 0.256 e. The number of nitrogens with two attached hydrogens (primary N) is 1. The summed E-state index contributed by atoms with van der Waals surface area (Å²) in [6, 6.07) is 5.01. The van der Waals surface area contributed by atoms with E-state index in [1.165, 1.54) is 0 Å². The molecule has 1 rings (SSSR count). The van der Waals surface area contributed by atoms with Crippen LogP contribution in [0.4, 0.5) is 5.69 Å². The van der Waals surface area contributed by atoms with Gasteiger partial charge in [-0.25, -0.2) is 0 Å². The largest absolute Gasteiger partial charge is 0.397 e. The summed E-state index contributed by atoms with van der Waals surface area (Å²) >= 11 is 5.88. The molecule has 0 aliphatic heterocycles. The van der Waals surface area contributed by atoms with Gasteiger partial charge in [-0.1, -0.05) is 17.7 Å². The van der Waals surface area contributed by atoms with E-state index in [-0.39, 0.29) is 11.9 Å². The molecule has 0 aliphatic carbocycles. The van der Waals surface area contributed by atoms with Crippen molar-refractivity contribution < 1.29 is 9.53 Å². The third-order valence-corrected chi connectivity index (χ3v) is 3.00. The Bertz CT molecular complexity index is 409. The highest BCUT2D eigenvalue weighted by Gasteiger charge is 2.20. The van der Waals surface area contributed by atoms with Gasteiger partial charge >= 0.3 is 0 Å². The zero-order chi connectivity index (χ0) is 13.0. The summed E-state index contributed by atoms with van der Waals surface area (Å²) < 4.78 is 5.01. The van der Waals surface area contributed by atoms with Gasteiger partial charge in [0.15, 0.2) is 0 Å². The number of carbonyl (C=O) groups excluding carboxylic acids is 1. The normalized spacial score (nSPS) is 12.2. The van der Waals surface area contributed by atoms with E-state index in [4.69, 9.17) is 22.1 Å². The highest BCUT2D eigenvalue weighted by Crippen LogP contribution is 2.23. The van der Waals surface area contributed by atoms with Gasteiger partial charge in [-0.2, -0.15) is 0 Å². The SMILES string of the molecule is COCC(C)N(C)C(=O)c1cccc(Cl)c1N. The summed E-state index contributed by atoms with van der Waals surface area (Å²) in [5.74, 6) is -0.158. The number of amides is 1. The monoisotopic (exact) mass is 256 g/mol. The van der Waals surface area contributed by atoms with Crippen molar-refractivity contribution in [1.29, 1.82) is 0 Å². The number of nitrogen functional groups attached to an aromatic ring is 1. The number of halogens is 1. The number of hydrogen-bond donors (Lipinski definition) is 1. The van der Waals surface area contributed by atoms with Crippen LogP contribution < -0.4 is 5.73 Å². The average molecular weight is 257 g/mol. The van der Waals surface area contributed by atoms with E-state index >= 15 is 0 Å². The van der Waals surface area contributed by atoms with Crippen LogP contribution in [0.3, 0.4) is 0 Å². The first-order valence-corrected chi connectivity index (χ1v) is 5.67. The fourth-order valence-electron chi connectivity index (χ4n) is 1.47. The second-order valence-corrected chi connectivity index (χ2v) is 4.33. The number of methoxy groups -OCH3 is 1. The number of anilines is 1. The molecule has 0 radical (unpaired) electrons. The third-order valence-electron chi connectivity index (χ3n) is 2.67. The highest BCUT2D eigenvalue weighted by atomic mass is 35.5. The van der Waals surface area contributed by atoms with Crippen molar-refractivity contribution in [3.05, 3.63) is 28.8 Å². The third kappa shape index (κ3) is 3.11. The van der Waals surface area contributed by atoms with Crippen LogP contribution in [0.15, 0.2) is 18.2 Å². The Balaban J connectivity index is 2.93. The Labute approximate surface area is 106 Å². The van der Waals surface area contributed by atoms with Gasteiger partial charge in [0.2, 0.25) is 0 Å². The minimum atomic E-state index is -0.158. The lowest BCUT2D eigenvalue weighted by molar-refractivity contribution is 0.0634. The number of rotatable bonds is 4. The van der Waals surface area contributed by atoms with E-state index in [1.807, 2.05) is 6.92 Å². The van der Waals surface area contributed by atoms with Gasteiger partial charge < -0.3 is 15.4 Å². The maximum absolute atomic E-state index is 12.2. The molecular formula is C12H17ClN2O2. The standard InChI is InChI=1S/C12H17ClN2O2/c1-8(7-17-3)15(2)12(16)9-5-4-6-10(13)11(9)14/h4-6,8H,7,14H2,1-3H3. The fraction of sp³-hybridized carbons (Fsp3) is 0.417. The molecule has 2 N–H and O–H groups in total. The van der Waals surface area contributed by atoms with Gasteiger partial charge in [0.05, 0.1) is 28.9 Å². The molecule has 94 valence electrons. The molecule has 4 nitrogen and oxygen atoms in total. The molecule has 0 fully saturated rings. The summed E-state index contributed by atoms with van der Waals surface area (Å²) in [7, 11) is 3.31. The summed E-state index contributed by atoms with van der Waals surface area (Å²) in [5, 5.41) is 0.392. The molecule has 0 bridgehead atoms. The molecular weight excluding hydrogens is 240 g/mol. The fourth-order valence-corrected chi connectivity index (χ4v) is 1.64. The van der Waals surface area contributed by atoms with Gasteiger partial charge in [0.25, 0.3) is 5.91 Å². The van der Waals surface area contributed by atoms with Crippen molar-refractivity contribution in [1.82, 2.24) is 4.90 Å². The zero-order valence-corrected chi connectivity index (χ0v) is 11.0. The quantitative estimate of drug-likeness (QED) is 0.839. The minimum absolute atomic E-state index is 0.0223. The Hall–Kier alpha value is -1.26. The molecule has 0 aromatic heterocycles. The second-order valence-electron chi connectivity index (χ2n) is 3.92. The molecule has 1 aromatic carbocycles. The Morgan fingerprint density at radius 2 is 2.24 bits per heavy atom. The smallest absolute Gasteiger partial charge is 0.256 e. The van der Waals surface area contributed by atoms with E-state index < -0.39 is 0 Å². The van der Waals surface area contributed by atoms with Gasteiger partial charge in [0.1, 0.15) is 0 Å². The van der Waals surface area contributed by atoms with Gasteiger partial charge in [0, 0.05) is 14.2 Å². The van der Waals surface area contributed by atoms with E-state index in [2.05, 4.69) is 0 Å². The lowest BCUT2D eigenvalue weighted by Gasteiger charge is -2.25. The van der Waals surface area contributed by atoms with Crippen LogP contribution in [0.5, 0.6) is 0 Å². The number of likely N-dealkylation sites (N-methyl/N-ethyl adjacent to an activating group) is 1. The van der Waals surface area contributed by atoms with Crippen LogP contribution in [-0.4, -0.2) is 37.6 Å². The average Bonchev–Trinajstić information content (AvgIpc) is 2.31. The van der Waals surface area contributed by atoms with Crippen molar-refractivity contribution in [2.24, 2.45) is 0 Å². The van der Waals surface area contributed by atoms with E-state index in [0.29, 0.717) is 22.9 Å². The predicted molar refractivity (Wildman–Crippen MR) is 69.3 cm³/mol. The summed E-state index contributed by atoms with van der Waals surface area (Å²) in [4.78, 5) is 13.8. The van der Waals surface area contributed by atoms with E-state index in [0.717, 1.165) is 0 Å². The molecule has 1 unspecified atom stereocenters. The van der Waals surface area contributed by atoms with Crippen LogP contribution in [0.1, 0.15) is 17.3 Å². The molecule has 0 saturated carbocycles. The maximum atomic E-state index is 12.2. The van der Waals surface area contributed by atoms with Crippen molar-refractivity contribution in [3.8, 4) is 0 Å². The van der Waals surface area contributed by atoms with E-state index in [1.54, 1.807) is 37.3 Å². The first-order chi connectivity index (χ1) is 7.99. The van der Waals surface area contributed by atoms with Crippen LogP contribution >= 0.6 is 11.6 Å². The van der Waals surface area contributed by atoms with Gasteiger partial charge in [-0.3, -0.25) is 4.79 Å². The summed E-state index contributed by atoms with van der Waals surface area (Å²) in [6.45, 7) is 2.38. The minimum Gasteiger partial charge on any atom is -0.397 e. The molecule has 0 aliphatic rings. The first-order valence-electron chi connectivity index (χ1n) is 5.29. The molecule has 1 atom stereocenters. The van der Waals surface area contributed by atoms with Crippen LogP contribution in [-0.2, 0) is 4.74 Å². The number of ether oxygens (including phenoxy) is 1. The molecule has 5 heteroatoms. The van der Waals surface area contributed by atoms with Crippen molar-refractivity contribution in [3.63, 3.8) is 0 Å². The van der Waals surface area contributed by atoms with E-state index in [9.17, 15) is 4.79 Å². The first kappa shape index (κ1) is 13.8. The van der Waals surface area contributed by atoms with Crippen molar-refractivity contribution in [2.75, 3.05) is 26.5 Å². The van der Waals surface area contributed by atoms with Crippen LogP contribution in [0, 0.1) is 0 Å². The number of carbonyl (C=O) groups is 1. The number of hydrogen-bond acceptors (Lipinski definition) is 3. The zero-order valence-electron chi connectivity index (χ0n) is 10.2. The Morgan fingerprint density at radius 3 is 2.82 bits per heavy atom. The topological polar surface area (TPSA) is 55.6 Å².